The largest absolute Gasteiger partial charge is 0.457 e. The summed E-state index contributed by atoms with van der Waals surface area (Å²) in [6, 6.07) is 6.12. The molecule has 0 N–H and O–H groups in total. The summed E-state index contributed by atoms with van der Waals surface area (Å²) >= 11 is 0.715. The van der Waals surface area contributed by atoms with Crippen LogP contribution >= 0.6 is 11.8 Å². The van der Waals surface area contributed by atoms with Gasteiger partial charge >= 0.3 is 0 Å². The monoisotopic (exact) mass is 418 g/mol. The van der Waals surface area contributed by atoms with Gasteiger partial charge in [0.15, 0.2) is 0 Å². The van der Waals surface area contributed by atoms with E-state index in [2.05, 4.69) is 0 Å². The summed E-state index contributed by atoms with van der Waals surface area (Å²) in [6.07, 6.45) is 3.21. The van der Waals surface area contributed by atoms with E-state index in [1.54, 1.807) is 4.90 Å². The second kappa shape index (κ2) is 7.82. The maximum absolute atomic E-state index is 13.9. The van der Waals surface area contributed by atoms with E-state index in [0.29, 0.717) is 24.9 Å². The number of halogens is 2. The summed E-state index contributed by atoms with van der Waals surface area (Å²) in [6.45, 7) is 0.992. The number of imide groups is 1. The zero-order chi connectivity index (χ0) is 20.5. The van der Waals surface area contributed by atoms with Gasteiger partial charge in [0, 0.05) is 25.2 Å². The van der Waals surface area contributed by atoms with Crippen molar-refractivity contribution in [3.63, 3.8) is 0 Å². The highest BCUT2D eigenvalue weighted by Crippen LogP contribution is 2.33. The maximum Gasteiger partial charge on any atom is 0.294 e. The molecule has 9 heteroatoms. The molecular weight excluding hydrogens is 402 g/mol. The van der Waals surface area contributed by atoms with Gasteiger partial charge in [0.05, 0.1) is 10.5 Å². The molecule has 2 aliphatic heterocycles. The third-order valence-corrected chi connectivity index (χ3v) is 5.63. The molecule has 2 aromatic rings. The summed E-state index contributed by atoms with van der Waals surface area (Å²) in [5, 5.41) is -0.523. The number of hydrogen-bond acceptors (Lipinski definition) is 5. The van der Waals surface area contributed by atoms with Gasteiger partial charge in [0.25, 0.3) is 11.1 Å². The summed E-state index contributed by atoms with van der Waals surface area (Å²) in [4.78, 5) is 39.6. The molecule has 3 amide bonds. The van der Waals surface area contributed by atoms with E-state index >= 15 is 0 Å². The number of thioether (sulfide) groups is 1. The van der Waals surface area contributed by atoms with Crippen molar-refractivity contribution in [2.24, 2.45) is 0 Å². The number of hydrogen-bond donors (Lipinski definition) is 0. The van der Waals surface area contributed by atoms with E-state index in [4.69, 9.17) is 4.42 Å². The quantitative estimate of drug-likeness (QED) is 0.705. The predicted octanol–water partition coefficient (Wildman–Crippen LogP) is 3.88. The molecular formula is C20H16F2N2O4S. The average molecular weight is 418 g/mol. The summed E-state index contributed by atoms with van der Waals surface area (Å²) in [5.41, 5.74) is 0.0790. The zero-order valence-electron chi connectivity index (χ0n) is 15.2. The molecule has 0 bridgehead atoms. The number of amides is 3. The molecule has 2 fully saturated rings. The molecule has 0 unspecified atom stereocenters. The van der Waals surface area contributed by atoms with E-state index in [0.717, 1.165) is 29.9 Å². The van der Waals surface area contributed by atoms with Crippen LogP contribution in [0, 0.1) is 11.6 Å². The number of benzene rings is 1. The number of carbonyl (C=O) groups excluding carboxylic acids is 3. The predicted molar refractivity (Wildman–Crippen MR) is 103 cm³/mol. The van der Waals surface area contributed by atoms with Gasteiger partial charge in [-0.05, 0) is 48.9 Å². The van der Waals surface area contributed by atoms with Gasteiger partial charge in [-0.3, -0.25) is 19.3 Å². The van der Waals surface area contributed by atoms with Crippen LogP contribution in [0.2, 0.25) is 0 Å². The molecule has 0 atom stereocenters. The van der Waals surface area contributed by atoms with Crippen molar-refractivity contribution in [1.29, 1.82) is 0 Å². The van der Waals surface area contributed by atoms with E-state index < -0.39 is 22.8 Å². The Hall–Kier alpha value is -2.94. The van der Waals surface area contributed by atoms with Crippen molar-refractivity contribution >= 4 is 34.9 Å². The maximum atomic E-state index is 13.9. The van der Waals surface area contributed by atoms with Crippen LogP contribution in [-0.2, 0) is 9.59 Å². The third-order valence-electron chi connectivity index (χ3n) is 4.72. The van der Waals surface area contributed by atoms with Crippen molar-refractivity contribution in [1.82, 2.24) is 9.80 Å². The standard InChI is InChI=1S/C20H16F2N2O4S/c21-12-3-5-14(15(22)9-12)16-6-4-13(28-16)10-17-19(26)24(20(27)29-17)11-18(25)23-7-1-2-8-23/h3-6,9-10H,1-2,7-8,11H2. The van der Waals surface area contributed by atoms with Gasteiger partial charge in [-0.15, -0.1) is 0 Å². The lowest BCUT2D eigenvalue weighted by Crippen LogP contribution is -2.40. The summed E-state index contributed by atoms with van der Waals surface area (Å²) < 4.78 is 32.5. The Labute approximate surface area is 169 Å². The molecule has 0 spiro atoms. The van der Waals surface area contributed by atoms with Crippen LogP contribution in [0.5, 0.6) is 0 Å². The van der Waals surface area contributed by atoms with E-state index in [-0.39, 0.29) is 34.4 Å². The van der Waals surface area contributed by atoms with Crippen LogP contribution in [-0.4, -0.2) is 46.5 Å². The minimum absolute atomic E-state index is 0.0790. The Kier molecular flexibility index (Phi) is 5.23. The molecule has 0 aliphatic carbocycles. The van der Waals surface area contributed by atoms with E-state index in [9.17, 15) is 23.2 Å². The molecule has 6 nitrogen and oxygen atoms in total. The van der Waals surface area contributed by atoms with Crippen molar-refractivity contribution in [2.75, 3.05) is 19.6 Å². The number of furan rings is 1. The minimum atomic E-state index is -0.772. The third kappa shape index (κ3) is 3.95. The summed E-state index contributed by atoms with van der Waals surface area (Å²) in [7, 11) is 0. The van der Waals surface area contributed by atoms with Crippen LogP contribution in [0.3, 0.4) is 0 Å². The van der Waals surface area contributed by atoms with Gasteiger partial charge < -0.3 is 9.32 Å². The normalized spacial score (nSPS) is 18.3. The molecule has 2 aliphatic rings. The van der Waals surface area contributed by atoms with Crippen LogP contribution in [0.4, 0.5) is 13.6 Å². The minimum Gasteiger partial charge on any atom is -0.457 e. The van der Waals surface area contributed by atoms with Crippen LogP contribution in [0.15, 0.2) is 39.7 Å². The molecule has 150 valence electrons. The molecule has 2 saturated heterocycles. The van der Waals surface area contributed by atoms with E-state index in [1.807, 2.05) is 0 Å². The smallest absolute Gasteiger partial charge is 0.294 e. The first kappa shape index (κ1) is 19.4. The first-order valence-corrected chi connectivity index (χ1v) is 9.82. The van der Waals surface area contributed by atoms with Crippen LogP contribution in [0.1, 0.15) is 18.6 Å². The molecule has 0 saturated carbocycles. The van der Waals surface area contributed by atoms with Gasteiger partial charge in [-0.2, -0.15) is 0 Å². The highest BCUT2D eigenvalue weighted by molar-refractivity contribution is 8.18. The average Bonchev–Trinajstić information content (AvgIpc) is 3.41. The second-order valence-corrected chi connectivity index (χ2v) is 7.68. The van der Waals surface area contributed by atoms with Crippen molar-refractivity contribution in [3.8, 4) is 11.3 Å². The lowest BCUT2D eigenvalue weighted by molar-refractivity contribution is -0.135. The Morgan fingerprint density at radius 3 is 2.62 bits per heavy atom. The lowest BCUT2D eigenvalue weighted by Gasteiger charge is -2.18. The number of nitrogens with zero attached hydrogens (tertiary/aromatic N) is 2. The van der Waals surface area contributed by atoms with Crippen molar-refractivity contribution in [2.45, 2.75) is 12.8 Å². The SMILES string of the molecule is O=C(CN1C(=O)SC(=Cc2ccc(-c3ccc(F)cc3F)o2)C1=O)N1CCCC1. The molecule has 4 rings (SSSR count). The molecule has 1 aromatic heterocycles. The fraction of sp³-hybridized carbons (Fsp3) is 0.250. The van der Waals surface area contributed by atoms with Gasteiger partial charge in [0.1, 0.15) is 29.7 Å². The van der Waals surface area contributed by atoms with Gasteiger partial charge in [-0.25, -0.2) is 8.78 Å². The fourth-order valence-corrected chi connectivity index (χ4v) is 4.05. The van der Waals surface area contributed by atoms with Gasteiger partial charge in [-0.1, -0.05) is 0 Å². The molecule has 0 radical (unpaired) electrons. The summed E-state index contributed by atoms with van der Waals surface area (Å²) in [5.74, 6) is -1.89. The number of carbonyl (C=O) groups is 3. The molecule has 29 heavy (non-hydrogen) atoms. The van der Waals surface area contributed by atoms with E-state index in [1.165, 1.54) is 24.3 Å². The van der Waals surface area contributed by atoms with Crippen molar-refractivity contribution < 1.29 is 27.6 Å². The zero-order valence-corrected chi connectivity index (χ0v) is 16.0. The Morgan fingerprint density at radius 1 is 1.14 bits per heavy atom. The Bertz CT molecular complexity index is 1030. The van der Waals surface area contributed by atoms with Crippen LogP contribution < -0.4 is 0 Å². The van der Waals surface area contributed by atoms with Crippen LogP contribution in [0.25, 0.3) is 17.4 Å². The fourth-order valence-electron chi connectivity index (χ4n) is 3.23. The Balaban J connectivity index is 1.50. The Morgan fingerprint density at radius 2 is 1.90 bits per heavy atom. The highest BCUT2D eigenvalue weighted by Gasteiger charge is 2.37. The van der Waals surface area contributed by atoms with Gasteiger partial charge in [0.2, 0.25) is 5.91 Å². The lowest BCUT2D eigenvalue weighted by atomic mass is 10.1. The second-order valence-electron chi connectivity index (χ2n) is 6.68. The first-order valence-electron chi connectivity index (χ1n) is 9.01. The highest BCUT2D eigenvalue weighted by atomic mass is 32.2. The first-order chi connectivity index (χ1) is 13.9. The van der Waals surface area contributed by atoms with Crippen molar-refractivity contribution in [3.05, 3.63) is 52.6 Å². The topological polar surface area (TPSA) is 70.8 Å². The molecule has 3 heterocycles. The molecule has 1 aromatic carbocycles. The number of rotatable bonds is 4. The number of likely N-dealkylation sites (tertiary alicyclic amines) is 1.